The molecule has 0 aliphatic heterocycles. The number of hydrogen-bond acceptors (Lipinski definition) is 3. The van der Waals surface area contributed by atoms with Gasteiger partial charge in [0.2, 0.25) is 0 Å². The molecule has 0 amide bonds. The molecule has 2 aromatic carbocycles. The van der Waals surface area contributed by atoms with Crippen molar-refractivity contribution in [1.29, 1.82) is 5.26 Å². The molecular weight excluding hydrogens is 243 g/mol. The fourth-order valence-electron chi connectivity index (χ4n) is 1.80. The lowest BCUT2D eigenvalue weighted by molar-refractivity contribution is 0.185. The third kappa shape index (κ3) is 3.09. The molecule has 0 unspecified atom stereocenters. The van der Waals surface area contributed by atoms with Crippen LogP contribution in [0.1, 0.15) is 11.1 Å². The number of hydrogen-bond donors (Lipinski definition) is 1. The maximum absolute atomic E-state index is 13.5. The van der Waals surface area contributed by atoms with Crippen molar-refractivity contribution in [2.24, 2.45) is 0 Å². The van der Waals surface area contributed by atoms with Gasteiger partial charge in [-0.05, 0) is 29.8 Å². The van der Waals surface area contributed by atoms with Gasteiger partial charge in [0.25, 0.3) is 0 Å². The second-order valence-electron chi connectivity index (χ2n) is 4.03. The number of rotatable bonds is 4. The Balaban J connectivity index is 2.29. The van der Waals surface area contributed by atoms with Crippen LogP contribution in [0.15, 0.2) is 42.5 Å². The molecule has 0 aromatic heterocycles. The standard InChI is InChI=1S/C15H13FN2O/c1-19-10-11-4-2-5-12(8-11)18-15-7-3-6-14(16)13(15)9-17/h2-8,18H,10H2,1H3. The highest BCUT2D eigenvalue weighted by atomic mass is 19.1. The molecule has 0 saturated carbocycles. The van der Waals surface area contributed by atoms with Crippen LogP contribution in [-0.4, -0.2) is 7.11 Å². The highest BCUT2D eigenvalue weighted by Gasteiger charge is 2.07. The van der Waals surface area contributed by atoms with E-state index in [0.29, 0.717) is 12.3 Å². The molecule has 19 heavy (non-hydrogen) atoms. The third-order valence-electron chi connectivity index (χ3n) is 2.64. The highest BCUT2D eigenvalue weighted by molar-refractivity contribution is 5.67. The molecule has 1 N–H and O–H groups in total. The number of benzene rings is 2. The summed E-state index contributed by atoms with van der Waals surface area (Å²) >= 11 is 0. The van der Waals surface area contributed by atoms with Crippen molar-refractivity contribution in [3.05, 3.63) is 59.4 Å². The van der Waals surface area contributed by atoms with Crippen molar-refractivity contribution in [3.8, 4) is 6.07 Å². The van der Waals surface area contributed by atoms with Gasteiger partial charge in [-0.15, -0.1) is 0 Å². The quantitative estimate of drug-likeness (QED) is 0.909. The van der Waals surface area contributed by atoms with E-state index in [1.807, 2.05) is 30.3 Å². The molecular formula is C15H13FN2O. The maximum Gasteiger partial charge on any atom is 0.143 e. The first-order chi connectivity index (χ1) is 9.24. The monoisotopic (exact) mass is 256 g/mol. The summed E-state index contributed by atoms with van der Waals surface area (Å²) < 4.78 is 18.5. The Bertz CT molecular complexity index is 620. The lowest BCUT2D eigenvalue weighted by Crippen LogP contribution is -1.97. The van der Waals surface area contributed by atoms with Crippen molar-refractivity contribution in [2.75, 3.05) is 12.4 Å². The van der Waals surface area contributed by atoms with E-state index in [1.54, 1.807) is 19.2 Å². The van der Waals surface area contributed by atoms with E-state index in [0.717, 1.165) is 11.3 Å². The largest absolute Gasteiger partial charge is 0.380 e. The van der Waals surface area contributed by atoms with Crippen LogP contribution in [0.5, 0.6) is 0 Å². The van der Waals surface area contributed by atoms with Crippen LogP contribution in [0.4, 0.5) is 15.8 Å². The minimum absolute atomic E-state index is 0.0136. The Kier molecular flexibility index (Phi) is 4.11. The van der Waals surface area contributed by atoms with E-state index >= 15 is 0 Å². The predicted octanol–water partition coefficient (Wildman–Crippen LogP) is 3.59. The Morgan fingerprint density at radius 2 is 2.05 bits per heavy atom. The van der Waals surface area contributed by atoms with Gasteiger partial charge in [0, 0.05) is 12.8 Å². The summed E-state index contributed by atoms with van der Waals surface area (Å²) in [7, 11) is 1.63. The van der Waals surface area contributed by atoms with Crippen LogP contribution in [0.2, 0.25) is 0 Å². The average molecular weight is 256 g/mol. The van der Waals surface area contributed by atoms with Gasteiger partial charge < -0.3 is 10.1 Å². The lowest BCUT2D eigenvalue weighted by Gasteiger charge is -2.10. The van der Waals surface area contributed by atoms with E-state index in [-0.39, 0.29) is 5.56 Å². The first kappa shape index (κ1) is 13.1. The molecule has 0 radical (unpaired) electrons. The van der Waals surface area contributed by atoms with Crippen LogP contribution < -0.4 is 5.32 Å². The minimum atomic E-state index is -0.527. The Morgan fingerprint density at radius 1 is 1.26 bits per heavy atom. The summed E-state index contributed by atoms with van der Waals surface area (Å²) in [4.78, 5) is 0. The zero-order valence-electron chi connectivity index (χ0n) is 10.5. The van der Waals surface area contributed by atoms with Crippen molar-refractivity contribution < 1.29 is 9.13 Å². The first-order valence-electron chi connectivity index (χ1n) is 5.78. The molecule has 2 rings (SSSR count). The SMILES string of the molecule is COCc1cccc(Nc2cccc(F)c2C#N)c1. The van der Waals surface area contributed by atoms with Gasteiger partial charge in [0.05, 0.1) is 12.3 Å². The van der Waals surface area contributed by atoms with E-state index in [1.165, 1.54) is 6.07 Å². The molecule has 0 aliphatic carbocycles. The number of nitrogens with zero attached hydrogens (tertiary/aromatic N) is 1. The highest BCUT2D eigenvalue weighted by Crippen LogP contribution is 2.23. The maximum atomic E-state index is 13.5. The van der Waals surface area contributed by atoms with Gasteiger partial charge in [0.15, 0.2) is 0 Å². The number of halogens is 1. The number of nitriles is 1. The van der Waals surface area contributed by atoms with E-state index in [2.05, 4.69) is 5.32 Å². The molecule has 0 atom stereocenters. The normalized spacial score (nSPS) is 9.95. The van der Waals surface area contributed by atoms with Gasteiger partial charge in [-0.1, -0.05) is 18.2 Å². The molecule has 96 valence electrons. The molecule has 0 bridgehead atoms. The Hall–Kier alpha value is -2.38. The van der Waals surface area contributed by atoms with Crippen LogP contribution in [-0.2, 0) is 11.3 Å². The Labute approximate surface area is 111 Å². The molecule has 3 nitrogen and oxygen atoms in total. The molecule has 0 aliphatic rings. The molecule has 2 aromatic rings. The van der Waals surface area contributed by atoms with E-state index < -0.39 is 5.82 Å². The van der Waals surface area contributed by atoms with Gasteiger partial charge in [-0.25, -0.2) is 4.39 Å². The first-order valence-corrected chi connectivity index (χ1v) is 5.78. The molecule has 0 heterocycles. The molecule has 0 saturated heterocycles. The van der Waals surface area contributed by atoms with Crippen molar-refractivity contribution >= 4 is 11.4 Å². The number of nitrogens with one attached hydrogen (secondary N) is 1. The van der Waals surface area contributed by atoms with Crippen LogP contribution in [0, 0.1) is 17.1 Å². The summed E-state index contributed by atoms with van der Waals surface area (Å²) in [5.41, 5.74) is 2.26. The molecule has 4 heteroatoms. The fourth-order valence-corrected chi connectivity index (χ4v) is 1.80. The summed E-state index contributed by atoms with van der Waals surface area (Å²) in [6, 6.07) is 13.9. The van der Waals surface area contributed by atoms with Crippen molar-refractivity contribution in [3.63, 3.8) is 0 Å². The molecule has 0 spiro atoms. The lowest BCUT2D eigenvalue weighted by atomic mass is 10.1. The molecule has 0 fully saturated rings. The Morgan fingerprint density at radius 3 is 2.79 bits per heavy atom. The average Bonchev–Trinajstić information content (AvgIpc) is 2.40. The summed E-state index contributed by atoms with van der Waals surface area (Å²) in [5, 5.41) is 12.0. The third-order valence-corrected chi connectivity index (χ3v) is 2.64. The minimum Gasteiger partial charge on any atom is -0.380 e. The van der Waals surface area contributed by atoms with E-state index in [9.17, 15) is 4.39 Å². The topological polar surface area (TPSA) is 45.0 Å². The van der Waals surface area contributed by atoms with Crippen molar-refractivity contribution in [2.45, 2.75) is 6.61 Å². The van der Waals surface area contributed by atoms with Gasteiger partial charge in [0.1, 0.15) is 17.4 Å². The predicted molar refractivity (Wildman–Crippen MR) is 71.6 cm³/mol. The van der Waals surface area contributed by atoms with Gasteiger partial charge in [-0.2, -0.15) is 5.26 Å². The van der Waals surface area contributed by atoms with Gasteiger partial charge >= 0.3 is 0 Å². The zero-order valence-corrected chi connectivity index (χ0v) is 10.5. The summed E-state index contributed by atoms with van der Waals surface area (Å²) in [6.07, 6.45) is 0. The van der Waals surface area contributed by atoms with Crippen LogP contribution >= 0.6 is 0 Å². The second-order valence-corrected chi connectivity index (χ2v) is 4.03. The second kappa shape index (κ2) is 5.98. The van der Waals surface area contributed by atoms with Gasteiger partial charge in [-0.3, -0.25) is 0 Å². The zero-order chi connectivity index (χ0) is 13.7. The van der Waals surface area contributed by atoms with Crippen molar-refractivity contribution in [1.82, 2.24) is 0 Å². The van der Waals surface area contributed by atoms with Crippen LogP contribution in [0.25, 0.3) is 0 Å². The summed E-state index contributed by atoms with van der Waals surface area (Å²) in [5.74, 6) is -0.527. The number of anilines is 2. The smallest absolute Gasteiger partial charge is 0.143 e. The summed E-state index contributed by atoms with van der Waals surface area (Å²) in [6.45, 7) is 0.504. The van der Waals surface area contributed by atoms with E-state index in [4.69, 9.17) is 10.00 Å². The number of methoxy groups -OCH3 is 1. The number of ether oxygens (including phenoxy) is 1. The van der Waals surface area contributed by atoms with Crippen LogP contribution in [0.3, 0.4) is 0 Å². The fraction of sp³-hybridized carbons (Fsp3) is 0.133.